The highest BCUT2D eigenvalue weighted by molar-refractivity contribution is 7.99. The monoisotopic (exact) mass is 265 g/mol. The number of hydrogen-bond acceptors (Lipinski definition) is 2. The van der Waals surface area contributed by atoms with Crippen LogP contribution >= 0.6 is 11.8 Å². The molecule has 1 nitrogen and oxygen atoms in total. The molecule has 1 rings (SSSR count). The molecule has 0 saturated carbocycles. The van der Waals surface area contributed by atoms with Crippen molar-refractivity contribution in [3.63, 3.8) is 0 Å². The first-order chi connectivity index (χ1) is 8.76. The fourth-order valence-electron chi connectivity index (χ4n) is 2.24. The van der Waals surface area contributed by atoms with Crippen LogP contribution in [0.1, 0.15) is 30.9 Å². The van der Waals surface area contributed by atoms with Crippen LogP contribution < -0.4 is 5.32 Å². The topological polar surface area (TPSA) is 12.0 Å². The fraction of sp³-hybridized carbons (Fsp3) is 0.625. The lowest BCUT2D eigenvalue weighted by atomic mass is 9.94. The number of thioether (sulfide) groups is 1. The van der Waals surface area contributed by atoms with Crippen molar-refractivity contribution in [2.45, 2.75) is 33.1 Å². The second-order valence-electron chi connectivity index (χ2n) is 4.95. The predicted octanol–water partition coefficient (Wildman–Crippen LogP) is 3.91. The average molecular weight is 265 g/mol. The van der Waals surface area contributed by atoms with Gasteiger partial charge in [0.25, 0.3) is 0 Å². The van der Waals surface area contributed by atoms with Crippen molar-refractivity contribution in [2.24, 2.45) is 5.92 Å². The highest BCUT2D eigenvalue weighted by Gasteiger charge is 2.08. The molecule has 2 heteroatoms. The van der Waals surface area contributed by atoms with Crippen molar-refractivity contribution >= 4 is 11.8 Å². The molecule has 1 N–H and O–H groups in total. The molecule has 0 saturated heterocycles. The van der Waals surface area contributed by atoms with Gasteiger partial charge in [0.05, 0.1) is 0 Å². The van der Waals surface area contributed by atoms with Gasteiger partial charge in [0.2, 0.25) is 0 Å². The van der Waals surface area contributed by atoms with Gasteiger partial charge in [0, 0.05) is 0 Å². The van der Waals surface area contributed by atoms with Crippen molar-refractivity contribution < 1.29 is 0 Å². The van der Waals surface area contributed by atoms with E-state index in [0.29, 0.717) is 0 Å². The SMILES string of the molecule is CCSCCCC(CNC)Cc1ccc(C)cc1. The summed E-state index contributed by atoms with van der Waals surface area (Å²) in [6.07, 6.45) is 3.89. The molecule has 1 unspecified atom stereocenters. The Labute approximate surface area is 117 Å². The van der Waals surface area contributed by atoms with Crippen molar-refractivity contribution in [1.29, 1.82) is 0 Å². The lowest BCUT2D eigenvalue weighted by Crippen LogP contribution is -2.21. The molecule has 1 aromatic carbocycles. The molecule has 0 fully saturated rings. The van der Waals surface area contributed by atoms with E-state index in [-0.39, 0.29) is 0 Å². The number of nitrogens with one attached hydrogen (secondary N) is 1. The van der Waals surface area contributed by atoms with Crippen LogP contribution in [0.15, 0.2) is 24.3 Å². The first kappa shape index (κ1) is 15.6. The molecular weight excluding hydrogens is 238 g/mol. The second-order valence-corrected chi connectivity index (χ2v) is 6.35. The molecule has 102 valence electrons. The van der Waals surface area contributed by atoms with Crippen LogP contribution in [-0.4, -0.2) is 25.1 Å². The smallest absolute Gasteiger partial charge is 0.00203 e. The summed E-state index contributed by atoms with van der Waals surface area (Å²) in [5.41, 5.74) is 2.83. The average Bonchev–Trinajstić information content (AvgIpc) is 2.37. The Bertz CT molecular complexity index is 307. The molecule has 18 heavy (non-hydrogen) atoms. The number of aryl methyl sites for hydroxylation is 1. The normalized spacial score (nSPS) is 12.6. The maximum Gasteiger partial charge on any atom is -0.00203 e. The molecular formula is C16H27NS. The minimum absolute atomic E-state index is 0.773. The van der Waals surface area contributed by atoms with Crippen molar-refractivity contribution in [2.75, 3.05) is 25.1 Å². The predicted molar refractivity (Wildman–Crippen MR) is 84.5 cm³/mol. The third-order valence-corrected chi connectivity index (χ3v) is 4.23. The Hall–Kier alpha value is -0.470. The van der Waals surface area contributed by atoms with Gasteiger partial charge in [-0.05, 0) is 62.8 Å². The molecule has 1 atom stereocenters. The van der Waals surface area contributed by atoms with E-state index < -0.39 is 0 Å². The highest BCUT2D eigenvalue weighted by Crippen LogP contribution is 2.16. The lowest BCUT2D eigenvalue weighted by Gasteiger charge is -2.16. The molecule has 0 aliphatic heterocycles. The Morgan fingerprint density at radius 1 is 1.22 bits per heavy atom. The first-order valence-corrected chi connectivity index (χ1v) is 8.19. The zero-order chi connectivity index (χ0) is 13.2. The van der Waals surface area contributed by atoms with Crippen LogP contribution in [0.25, 0.3) is 0 Å². The number of rotatable bonds is 9. The summed E-state index contributed by atoms with van der Waals surface area (Å²) in [4.78, 5) is 0. The van der Waals surface area contributed by atoms with E-state index >= 15 is 0 Å². The van der Waals surface area contributed by atoms with Gasteiger partial charge >= 0.3 is 0 Å². The van der Waals surface area contributed by atoms with E-state index in [2.05, 4.69) is 62.2 Å². The zero-order valence-electron chi connectivity index (χ0n) is 12.0. The van der Waals surface area contributed by atoms with Crippen LogP contribution in [0, 0.1) is 12.8 Å². The van der Waals surface area contributed by atoms with E-state index in [4.69, 9.17) is 0 Å². The van der Waals surface area contributed by atoms with Gasteiger partial charge in [0.15, 0.2) is 0 Å². The van der Waals surface area contributed by atoms with Gasteiger partial charge in [-0.15, -0.1) is 0 Å². The van der Waals surface area contributed by atoms with E-state index in [9.17, 15) is 0 Å². The Kier molecular flexibility index (Phi) is 8.19. The quantitative estimate of drug-likeness (QED) is 0.680. The maximum atomic E-state index is 3.33. The third kappa shape index (κ3) is 6.46. The molecule has 1 aromatic rings. The Morgan fingerprint density at radius 3 is 2.56 bits per heavy atom. The number of hydrogen-bond donors (Lipinski definition) is 1. The Balaban J connectivity index is 2.38. The molecule has 0 aliphatic carbocycles. The van der Waals surface area contributed by atoms with Gasteiger partial charge in [0.1, 0.15) is 0 Å². The summed E-state index contributed by atoms with van der Waals surface area (Å²) in [6, 6.07) is 9.00. The second kappa shape index (κ2) is 9.46. The van der Waals surface area contributed by atoms with Gasteiger partial charge in [-0.2, -0.15) is 11.8 Å². The van der Waals surface area contributed by atoms with Gasteiger partial charge in [-0.1, -0.05) is 36.8 Å². The van der Waals surface area contributed by atoms with Gasteiger partial charge < -0.3 is 5.32 Å². The molecule has 0 aromatic heterocycles. The maximum absolute atomic E-state index is 3.33. The molecule has 0 amide bonds. The fourth-order valence-corrected chi connectivity index (χ4v) is 2.90. The lowest BCUT2D eigenvalue weighted by molar-refractivity contribution is 0.457. The summed E-state index contributed by atoms with van der Waals surface area (Å²) >= 11 is 2.06. The van der Waals surface area contributed by atoms with Crippen LogP contribution in [0.4, 0.5) is 0 Å². The van der Waals surface area contributed by atoms with Crippen molar-refractivity contribution in [3.05, 3.63) is 35.4 Å². The van der Waals surface area contributed by atoms with Crippen LogP contribution in [0.5, 0.6) is 0 Å². The minimum atomic E-state index is 0.773. The molecule has 0 radical (unpaired) electrons. The van der Waals surface area contributed by atoms with Crippen molar-refractivity contribution in [1.82, 2.24) is 5.32 Å². The van der Waals surface area contributed by atoms with E-state index in [1.807, 2.05) is 0 Å². The van der Waals surface area contributed by atoms with E-state index in [1.54, 1.807) is 0 Å². The summed E-state index contributed by atoms with van der Waals surface area (Å²) in [5.74, 6) is 3.33. The molecule has 0 heterocycles. The zero-order valence-corrected chi connectivity index (χ0v) is 12.9. The molecule has 0 bridgehead atoms. The molecule has 0 aliphatic rings. The third-order valence-electron chi connectivity index (χ3n) is 3.24. The first-order valence-electron chi connectivity index (χ1n) is 7.04. The standard InChI is InChI=1S/C16H27NS/c1-4-18-11-5-6-16(13-17-3)12-15-9-7-14(2)8-10-15/h7-10,16-17H,4-6,11-13H2,1-3H3. The van der Waals surface area contributed by atoms with Crippen LogP contribution in [0.3, 0.4) is 0 Å². The summed E-state index contributed by atoms with van der Waals surface area (Å²) < 4.78 is 0. The van der Waals surface area contributed by atoms with E-state index in [1.165, 1.54) is 41.9 Å². The van der Waals surface area contributed by atoms with Crippen LogP contribution in [0.2, 0.25) is 0 Å². The van der Waals surface area contributed by atoms with Crippen LogP contribution in [-0.2, 0) is 6.42 Å². The summed E-state index contributed by atoms with van der Waals surface area (Å²) in [6.45, 7) is 5.52. The van der Waals surface area contributed by atoms with Crippen molar-refractivity contribution in [3.8, 4) is 0 Å². The van der Waals surface area contributed by atoms with Gasteiger partial charge in [-0.25, -0.2) is 0 Å². The Morgan fingerprint density at radius 2 is 1.94 bits per heavy atom. The minimum Gasteiger partial charge on any atom is -0.319 e. The van der Waals surface area contributed by atoms with E-state index in [0.717, 1.165) is 12.5 Å². The largest absolute Gasteiger partial charge is 0.319 e. The summed E-state index contributed by atoms with van der Waals surface area (Å²) in [7, 11) is 2.06. The number of benzene rings is 1. The molecule has 0 spiro atoms. The summed E-state index contributed by atoms with van der Waals surface area (Å²) in [5, 5.41) is 3.33. The van der Waals surface area contributed by atoms with Gasteiger partial charge in [-0.3, -0.25) is 0 Å². The highest BCUT2D eigenvalue weighted by atomic mass is 32.2.